The Hall–Kier alpha value is -1.33. The van der Waals surface area contributed by atoms with Gasteiger partial charge in [-0.3, -0.25) is 14.9 Å². The molecule has 0 radical (unpaired) electrons. The van der Waals surface area contributed by atoms with E-state index in [-0.39, 0.29) is 11.4 Å². The molecule has 0 amide bonds. The highest BCUT2D eigenvalue weighted by molar-refractivity contribution is 6.42. The lowest BCUT2D eigenvalue weighted by molar-refractivity contribution is -0.483. The van der Waals surface area contributed by atoms with Crippen molar-refractivity contribution in [1.82, 2.24) is 0 Å². The van der Waals surface area contributed by atoms with Crippen LogP contribution >= 0.6 is 23.2 Å². The van der Waals surface area contributed by atoms with Crippen LogP contribution in [0.2, 0.25) is 10.0 Å². The molecule has 7 heteroatoms. The van der Waals surface area contributed by atoms with E-state index in [1.165, 1.54) is 12.1 Å². The topological polar surface area (TPSA) is 80.4 Å². The molecule has 0 saturated carbocycles. The van der Waals surface area contributed by atoms with Crippen molar-refractivity contribution in [3.05, 3.63) is 43.9 Å². The molecule has 1 aromatic carbocycles. The molecule has 1 N–H and O–H groups in total. The number of hydrogen-bond acceptors (Lipinski definition) is 3. The van der Waals surface area contributed by atoms with E-state index in [0.717, 1.165) is 0 Å². The maximum atomic E-state index is 10.6. The van der Waals surface area contributed by atoms with Crippen molar-refractivity contribution >= 4 is 29.2 Å². The molecule has 5 nitrogen and oxygen atoms in total. The summed E-state index contributed by atoms with van der Waals surface area (Å²) in [4.78, 5) is 20.6. The normalized spacial score (nSPS) is 12.1. The van der Waals surface area contributed by atoms with E-state index in [4.69, 9.17) is 28.3 Å². The van der Waals surface area contributed by atoms with Gasteiger partial charge >= 0.3 is 5.97 Å². The number of benzene rings is 1. The number of carboxylic acid groups (broad SMARTS) is 1. The van der Waals surface area contributed by atoms with Crippen LogP contribution in [0.5, 0.6) is 0 Å². The lowest BCUT2D eigenvalue weighted by Gasteiger charge is -2.11. The molecule has 1 atom stereocenters. The van der Waals surface area contributed by atoms with Crippen molar-refractivity contribution in [3.63, 3.8) is 0 Å². The first-order chi connectivity index (χ1) is 7.90. The average molecular weight is 278 g/mol. The summed E-state index contributed by atoms with van der Waals surface area (Å²) in [6.45, 7) is -0.454. The van der Waals surface area contributed by atoms with E-state index in [9.17, 15) is 14.9 Å². The summed E-state index contributed by atoms with van der Waals surface area (Å²) in [5, 5.41) is 19.7. The molecule has 0 fully saturated rings. The fraction of sp³-hybridized carbons (Fsp3) is 0.300. The van der Waals surface area contributed by atoms with Crippen LogP contribution in [-0.2, 0) is 4.79 Å². The van der Waals surface area contributed by atoms with Crippen molar-refractivity contribution in [2.75, 3.05) is 6.54 Å². The molecule has 0 aliphatic heterocycles. The molecule has 1 aromatic rings. The Kier molecular flexibility index (Phi) is 4.72. The summed E-state index contributed by atoms with van der Waals surface area (Å²) in [6, 6.07) is 4.50. The minimum Gasteiger partial charge on any atom is -0.481 e. The molecule has 1 rings (SSSR count). The zero-order valence-corrected chi connectivity index (χ0v) is 10.1. The van der Waals surface area contributed by atoms with Crippen LogP contribution in [0.3, 0.4) is 0 Å². The molecule has 0 bridgehead atoms. The second-order valence-electron chi connectivity index (χ2n) is 3.48. The van der Waals surface area contributed by atoms with Gasteiger partial charge in [0.05, 0.1) is 22.4 Å². The number of aliphatic carboxylic acids is 1. The van der Waals surface area contributed by atoms with E-state index in [2.05, 4.69) is 0 Å². The molecule has 0 heterocycles. The van der Waals surface area contributed by atoms with Gasteiger partial charge in [0.15, 0.2) is 0 Å². The zero-order valence-electron chi connectivity index (χ0n) is 8.60. The van der Waals surface area contributed by atoms with Gasteiger partial charge in [-0.05, 0) is 17.7 Å². The standard InChI is InChI=1S/C10H9Cl2NO4/c11-8-2-1-6(3-9(8)12)7(4-10(14)15)5-13(16)17/h1-3,7H,4-5H2,(H,14,15). The Bertz CT molecular complexity index is 434. The highest BCUT2D eigenvalue weighted by Crippen LogP contribution is 2.28. The second-order valence-corrected chi connectivity index (χ2v) is 4.30. The van der Waals surface area contributed by atoms with Crippen LogP contribution in [0.1, 0.15) is 17.9 Å². The Morgan fingerprint density at radius 2 is 2.06 bits per heavy atom. The Balaban J connectivity index is 2.98. The van der Waals surface area contributed by atoms with Gasteiger partial charge in [0.1, 0.15) is 0 Å². The highest BCUT2D eigenvalue weighted by atomic mass is 35.5. The third kappa shape index (κ3) is 4.20. The third-order valence-electron chi connectivity index (χ3n) is 2.21. The molecule has 0 spiro atoms. The van der Waals surface area contributed by atoms with Gasteiger partial charge in [-0.25, -0.2) is 0 Å². The van der Waals surface area contributed by atoms with Crippen molar-refractivity contribution in [1.29, 1.82) is 0 Å². The predicted molar refractivity (Wildman–Crippen MR) is 63.3 cm³/mol. The van der Waals surface area contributed by atoms with Crippen molar-refractivity contribution < 1.29 is 14.8 Å². The summed E-state index contributed by atoms with van der Waals surface area (Å²) in [5.74, 6) is -1.81. The minimum absolute atomic E-state index is 0.253. The monoisotopic (exact) mass is 277 g/mol. The first-order valence-corrected chi connectivity index (χ1v) is 5.44. The molecule has 0 aromatic heterocycles. The van der Waals surface area contributed by atoms with Crippen molar-refractivity contribution in [3.8, 4) is 0 Å². The summed E-state index contributed by atoms with van der Waals surface area (Å²) >= 11 is 11.5. The number of hydrogen-bond donors (Lipinski definition) is 1. The van der Waals surface area contributed by atoms with Crippen LogP contribution in [0, 0.1) is 10.1 Å². The van der Waals surface area contributed by atoms with Crippen LogP contribution in [0.4, 0.5) is 0 Å². The van der Waals surface area contributed by atoms with Crippen LogP contribution in [0.15, 0.2) is 18.2 Å². The number of halogens is 2. The fourth-order valence-corrected chi connectivity index (χ4v) is 1.75. The Morgan fingerprint density at radius 3 is 2.53 bits per heavy atom. The van der Waals surface area contributed by atoms with Gasteiger partial charge < -0.3 is 5.11 Å². The molecule has 0 aliphatic rings. The fourth-order valence-electron chi connectivity index (χ4n) is 1.44. The molecular formula is C10H9Cl2NO4. The summed E-state index contributed by atoms with van der Waals surface area (Å²) in [7, 11) is 0. The van der Waals surface area contributed by atoms with Crippen LogP contribution in [0.25, 0.3) is 0 Å². The molecule has 0 saturated heterocycles. The van der Waals surface area contributed by atoms with Gasteiger partial charge in [0, 0.05) is 4.92 Å². The molecule has 17 heavy (non-hydrogen) atoms. The number of nitrogens with zero attached hydrogens (tertiary/aromatic N) is 1. The van der Waals surface area contributed by atoms with Crippen molar-refractivity contribution in [2.24, 2.45) is 0 Å². The van der Waals surface area contributed by atoms with E-state index < -0.39 is 23.4 Å². The van der Waals surface area contributed by atoms with Gasteiger partial charge in [-0.2, -0.15) is 0 Å². The zero-order chi connectivity index (χ0) is 13.0. The lowest BCUT2D eigenvalue weighted by atomic mass is 9.96. The molecule has 0 aliphatic carbocycles. The van der Waals surface area contributed by atoms with Gasteiger partial charge in [0.2, 0.25) is 6.54 Å². The molecule has 92 valence electrons. The Morgan fingerprint density at radius 1 is 1.41 bits per heavy atom. The molecule has 1 unspecified atom stereocenters. The number of carboxylic acids is 1. The number of carbonyl (C=O) groups is 1. The Labute approximate surface area is 107 Å². The van der Waals surface area contributed by atoms with Crippen LogP contribution in [-0.4, -0.2) is 22.5 Å². The SMILES string of the molecule is O=C(O)CC(C[N+](=O)[O-])c1ccc(Cl)c(Cl)c1. The number of nitro groups is 1. The lowest BCUT2D eigenvalue weighted by Crippen LogP contribution is -2.16. The minimum atomic E-state index is -1.09. The number of rotatable bonds is 5. The van der Waals surface area contributed by atoms with E-state index in [1.807, 2.05) is 0 Å². The predicted octanol–water partition coefficient (Wildman–Crippen LogP) is 2.83. The largest absolute Gasteiger partial charge is 0.481 e. The smallest absolute Gasteiger partial charge is 0.304 e. The van der Waals surface area contributed by atoms with Gasteiger partial charge in [-0.15, -0.1) is 0 Å². The van der Waals surface area contributed by atoms with Crippen molar-refractivity contribution in [2.45, 2.75) is 12.3 Å². The summed E-state index contributed by atoms with van der Waals surface area (Å²) in [5.41, 5.74) is 0.499. The maximum Gasteiger partial charge on any atom is 0.304 e. The second kappa shape index (κ2) is 5.84. The first kappa shape index (κ1) is 13.7. The third-order valence-corrected chi connectivity index (χ3v) is 2.94. The molecular weight excluding hydrogens is 269 g/mol. The van der Waals surface area contributed by atoms with E-state index in [1.54, 1.807) is 6.07 Å². The summed E-state index contributed by atoms with van der Waals surface area (Å²) in [6.07, 6.45) is -0.320. The van der Waals surface area contributed by atoms with Gasteiger partial charge in [0.25, 0.3) is 0 Å². The highest BCUT2D eigenvalue weighted by Gasteiger charge is 2.21. The first-order valence-electron chi connectivity index (χ1n) is 4.68. The quantitative estimate of drug-likeness (QED) is 0.663. The summed E-state index contributed by atoms with van der Waals surface area (Å²) < 4.78 is 0. The van der Waals surface area contributed by atoms with Gasteiger partial charge in [-0.1, -0.05) is 29.3 Å². The van der Waals surface area contributed by atoms with Crippen LogP contribution < -0.4 is 0 Å². The van der Waals surface area contributed by atoms with E-state index in [0.29, 0.717) is 10.6 Å². The van der Waals surface area contributed by atoms with E-state index >= 15 is 0 Å². The average Bonchev–Trinajstić information content (AvgIpc) is 2.19. The maximum absolute atomic E-state index is 10.6.